The van der Waals surface area contributed by atoms with E-state index in [0.29, 0.717) is 45.1 Å². The Labute approximate surface area is 190 Å². The minimum absolute atomic E-state index is 0.114. The molecule has 0 radical (unpaired) electrons. The first kappa shape index (κ1) is 22.2. The van der Waals surface area contributed by atoms with Crippen molar-refractivity contribution in [1.82, 2.24) is 25.5 Å². The molecule has 0 spiro atoms. The Morgan fingerprint density at radius 2 is 2.00 bits per heavy atom. The van der Waals surface area contributed by atoms with Crippen LogP contribution in [0.3, 0.4) is 0 Å². The maximum atomic E-state index is 14.3. The lowest BCUT2D eigenvalue weighted by molar-refractivity contribution is -0.124. The molecule has 4 aromatic rings. The normalized spacial score (nSPS) is 11.4. The topological polar surface area (TPSA) is 105 Å². The molecule has 2 aromatic carbocycles. The molecule has 8 nitrogen and oxygen atoms in total. The highest BCUT2D eigenvalue weighted by Gasteiger charge is 2.15. The maximum Gasteiger partial charge on any atom is 0.258 e. The van der Waals surface area contributed by atoms with Crippen molar-refractivity contribution in [1.29, 1.82) is 0 Å². The molecule has 3 N–H and O–H groups in total. The zero-order chi connectivity index (χ0) is 23.6. The Morgan fingerprint density at radius 3 is 2.73 bits per heavy atom. The van der Waals surface area contributed by atoms with Crippen molar-refractivity contribution in [3.8, 4) is 17.1 Å². The predicted octanol–water partition coefficient (Wildman–Crippen LogP) is 4.50. The number of aryl methyl sites for hydroxylation is 1. The summed E-state index contributed by atoms with van der Waals surface area (Å²) in [6.45, 7) is 7.30. The van der Waals surface area contributed by atoms with Gasteiger partial charge in [-0.15, -0.1) is 0 Å². The molecule has 0 saturated carbocycles. The van der Waals surface area contributed by atoms with E-state index in [0.717, 1.165) is 0 Å². The summed E-state index contributed by atoms with van der Waals surface area (Å²) in [5, 5.41) is 13.4. The molecule has 0 bridgehead atoms. The Hall–Kier alpha value is -4.01. The van der Waals surface area contributed by atoms with Crippen LogP contribution in [0.5, 0.6) is 5.75 Å². The average Bonchev–Trinajstić information content (AvgIpc) is 3.25. The van der Waals surface area contributed by atoms with Crippen LogP contribution in [0.15, 0.2) is 48.8 Å². The van der Waals surface area contributed by atoms with Gasteiger partial charge in [0.05, 0.1) is 17.4 Å². The van der Waals surface area contributed by atoms with Crippen LogP contribution < -0.4 is 15.4 Å². The summed E-state index contributed by atoms with van der Waals surface area (Å²) in [6, 6.07) is 10.2. The van der Waals surface area contributed by atoms with Crippen molar-refractivity contribution >= 4 is 28.3 Å². The van der Waals surface area contributed by atoms with E-state index in [-0.39, 0.29) is 23.9 Å². The summed E-state index contributed by atoms with van der Waals surface area (Å²) >= 11 is 0. The van der Waals surface area contributed by atoms with Gasteiger partial charge in [-0.05, 0) is 51.5 Å². The van der Waals surface area contributed by atoms with Crippen molar-refractivity contribution < 1.29 is 13.9 Å². The maximum absolute atomic E-state index is 14.3. The number of benzene rings is 2. The van der Waals surface area contributed by atoms with Crippen LogP contribution in [0.4, 0.5) is 15.9 Å². The number of aromatic nitrogens is 4. The van der Waals surface area contributed by atoms with E-state index in [1.54, 1.807) is 43.6 Å². The number of carbonyl (C=O) groups excluding carboxylic acids is 1. The van der Waals surface area contributed by atoms with Gasteiger partial charge in [-0.3, -0.25) is 9.89 Å². The number of halogens is 1. The number of nitrogens with zero attached hydrogens (tertiary/aromatic N) is 3. The lowest BCUT2D eigenvalue weighted by Gasteiger charge is -2.20. The van der Waals surface area contributed by atoms with Crippen molar-refractivity contribution in [2.45, 2.75) is 33.2 Å². The molecule has 0 aliphatic carbocycles. The Bertz CT molecular complexity index is 1300. The first-order chi connectivity index (χ1) is 15.7. The van der Waals surface area contributed by atoms with Gasteiger partial charge in [-0.2, -0.15) is 5.10 Å². The van der Waals surface area contributed by atoms with Crippen LogP contribution in [-0.2, 0) is 4.79 Å². The van der Waals surface area contributed by atoms with Gasteiger partial charge >= 0.3 is 0 Å². The fraction of sp³-hybridized carbons (Fsp3) is 0.250. The Kier molecular flexibility index (Phi) is 5.95. The highest BCUT2D eigenvalue weighted by atomic mass is 19.1. The van der Waals surface area contributed by atoms with E-state index in [1.807, 2.05) is 26.8 Å². The second-order valence-corrected chi connectivity index (χ2v) is 8.74. The molecular weight excluding hydrogens is 423 g/mol. The number of hydrogen-bond acceptors (Lipinski definition) is 6. The molecule has 0 saturated heterocycles. The molecule has 2 heterocycles. The quantitative estimate of drug-likeness (QED) is 0.401. The van der Waals surface area contributed by atoms with Gasteiger partial charge in [0.25, 0.3) is 5.91 Å². The SMILES string of the molecule is Cc1cc2c(Nc3cn[nH]c3)nc(-c3cccc(OCC(=O)NC(C)(C)C)c3)nc2cc1F. The van der Waals surface area contributed by atoms with E-state index in [1.165, 1.54) is 6.07 Å². The van der Waals surface area contributed by atoms with Crippen LogP contribution >= 0.6 is 0 Å². The molecule has 0 aliphatic rings. The molecule has 170 valence electrons. The van der Waals surface area contributed by atoms with Crippen molar-refractivity contribution in [3.05, 3.63) is 60.2 Å². The molecule has 0 unspecified atom stereocenters. The third kappa shape index (κ3) is 5.43. The number of anilines is 2. The minimum atomic E-state index is -0.344. The van der Waals surface area contributed by atoms with E-state index < -0.39 is 0 Å². The Balaban J connectivity index is 1.67. The zero-order valence-electron chi connectivity index (χ0n) is 18.9. The van der Waals surface area contributed by atoms with Crippen LogP contribution in [-0.4, -0.2) is 38.2 Å². The molecular formula is C24H25FN6O2. The first-order valence-corrected chi connectivity index (χ1v) is 10.5. The van der Waals surface area contributed by atoms with Crippen LogP contribution in [0.1, 0.15) is 26.3 Å². The average molecular weight is 449 g/mol. The summed E-state index contributed by atoms with van der Waals surface area (Å²) < 4.78 is 20.0. The molecule has 4 rings (SSSR count). The summed E-state index contributed by atoms with van der Waals surface area (Å²) in [5.74, 6) is 0.854. The van der Waals surface area contributed by atoms with Gasteiger partial charge in [-0.1, -0.05) is 12.1 Å². The van der Waals surface area contributed by atoms with Gasteiger partial charge in [-0.25, -0.2) is 14.4 Å². The number of carbonyl (C=O) groups is 1. The van der Waals surface area contributed by atoms with Gasteiger partial charge in [0.1, 0.15) is 17.4 Å². The molecule has 2 aromatic heterocycles. The number of aromatic amines is 1. The largest absolute Gasteiger partial charge is 0.484 e. The van der Waals surface area contributed by atoms with Gasteiger partial charge in [0, 0.05) is 28.8 Å². The number of rotatable bonds is 6. The smallest absolute Gasteiger partial charge is 0.258 e. The van der Waals surface area contributed by atoms with Crippen molar-refractivity contribution in [3.63, 3.8) is 0 Å². The minimum Gasteiger partial charge on any atom is -0.484 e. The predicted molar refractivity (Wildman–Crippen MR) is 125 cm³/mol. The molecule has 9 heteroatoms. The van der Waals surface area contributed by atoms with Crippen LogP contribution in [0, 0.1) is 12.7 Å². The number of nitrogens with one attached hydrogen (secondary N) is 3. The van der Waals surface area contributed by atoms with Gasteiger partial charge in [0.15, 0.2) is 12.4 Å². The van der Waals surface area contributed by atoms with Crippen LogP contribution in [0.2, 0.25) is 0 Å². The number of fused-ring (bicyclic) bond motifs is 1. The van der Waals surface area contributed by atoms with E-state index in [2.05, 4.69) is 30.8 Å². The summed E-state index contributed by atoms with van der Waals surface area (Å²) in [5.41, 5.74) is 2.00. The summed E-state index contributed by atoms with van der Waals surface area (Å²) in [4.78, 5) is 21.3. The van der Waals surface area contributed by atoms with E-state index >= 15 is 0 Å². The van der Waals surface area contributed by atoms with E-state index in [4.69, 9.17) is 4.74 Å². The first-order valence-electron chi connectivity index (χ1n) is 10.5. The lowest BCUT2D eigenvalue weighted by atomic mass is 10.1. The zero-order valence-corrected chi connectivity index (χ0v) is 18.9. The second kappa shape index (κ2) is 8.85. The molecule has 0 aliphatic heterocycles. The number of H-pyrrole nitrogens is 1. The fourth-order valence-electron chi connectivity index (χ4n) is 3.27. The highest BCUT2D eigenvalue weighted by molar-refractivity contribution is 5.92. The lowest BCUT2D eigenvalue weighted by Crippen LogP contribution is -2.43. The van der Waals surface area contributed by atoms with Crippen molar-refractivity contribution in [2.75, 3.05) is 11.9 Å². The third-order valence-corrected chi connectivity index (χ3v) is 4.71. The molecule has 0 fully saturated rings. The highest BCUT2D eigenvalue weighted by Crippen LogP contribution is 2.30. The number of ether oxygens (including phenoxy) is 1. The van der Waals surface area contributed by atoms with Gasteiger partial charge in [0.2, 0.25) is 0 Å². The number of hydrogen-bond donors (Lipinski definition) is 3. The molecule has 0 atom stereocenters. The molecule has 1 amide bonds. The Morgan fingerprint density at radius 1 is 1.18 bits per heavy atom. The number of amides is 1. The summed E-state index contributed by atoms with van der Waals surface area (Å²) in [6.07, 6.45) is 3.32. The molecule has 33 heavy (non-hydrogen) atoms. The van der Waals surface area contributed by atoms with Gasteiger partial charge < -0.3 is 15.4 Å². The standard InChI is InChI=1S/C24H25FN6O2/c1-14-8-18-20(10-19(14)25)29-22(30-23(18)28-16-11-26-27-12-16)15-6-5-7-17(9-15)33-13-21(32)31-24(2,3)4/h5-12H,13H2,1-4H3,(H,26,27)(H,31,32)(H,28,29,30). The third-order valence-electron chi connectivity index (χ3n) is 4.71. The monoisotopic (exact) mass is 448 g/mol. The fourth-order valence-corrected chi connectivity index (χ4v) is 3.27. The van der Waals surface area contributed by atoms with Crippen LogP contribution in [0.25, 0.3) is 22.3 Å². The van der Waals surface area contributed by atoms with E-state index in [9.17, 15) is 9.18 Å². The van der Waals surface area contributed by atoms with Crippen molar-refractivity contribution in [2.24, 2.45) is 0 Å². The summed E-state index contributed by atoms with van der Waals surface area (Å²) in [7, 11) is 0. The second-order valence-electron chi connectivity index (χ2n) is 8.74.